The lowest BCUT2D eigenvalue weighted by molar-refractivity contribution is -0.384. The Morgan fingerprint density at radius 1 is 1.25 bits per heavy atom. The number of β-lactam (4-membered cyclic amide) rings is 1. The van der Waals surface area contributed by atoms with Crippen molar-refractivity contribution in [3.05, 3.63) is 87.1 Å². The summed E-state index contributed by atoms with van der Waals surface area (Å²) in [4.78, 5) is 43.8. The SMILES string of the molecule is C[C@@H](O)[C@H]1C(=O)N2C(C(=O)OCc3ccc([N+](=O)[O-])cc3)=C([C@H]3ON=C(c4ccccc4)[C@@H]3C)C[C@H]12. The molecule has 0 aromatic heterocycles. The van der Waals surface area contributed by atoms with Gasteiger partial charge in [0.1, 0.15) is 12.3 Å². The Morgan fingerprint density at radius 3 is 2.58 bits per heavy atom. The third-order valence-corrected chi connectivity index (χ3v) is 7.04. The summed E-state index contributed by atoms with van der Waals surface area (Å²) in [6, 6.07) is 14.9. The first-order chi connectivity index (χ1) is 17.3. The van der Waals surface area contributed by atoms with Gasteiger partial charge in [-0.2, -0.15) is 0 Å². The molecule has 1 amide bonds. The predicted octanol–water partition coefficient (Wildman–Crippen LogP) is 2.94. The molecule has 0 aliphatic carbocycles. The molecule has 10 nitrogen and oxygen atoms in total. The number of hydrogen-bond acceptors (Lipinski definition) is 8. The van der Waals surface area contributed by atoms with E-state index in [1.54, 1.807) is 6.92 Å². The average molecular weight is 492 g/mol. The Kier molecular flexibility index (Phi) is 6.05. The molecule has 36 heavy (non-hydrogen) atoms. The van der Waals surface area contributed by atoms with Gasteiger partial charge >= 0.3 is 5.97 Å². The Labute approximate surface area is 206 Å². The highest BCUT2D eigenvalue weighted by atomic mass is 16.6. The van der Waals surface area contributed by atoms with E-state index in [1.807, 2.05) is 37.3 Å². The molecule has 0 saturated carbocycles. The summed E-state index contributed by atoms with van der Waals surface area (Å²) in [5.74, 6) is -1.81. The van der Waals surface area contributed by atoms with E-state index < -0.39 is 29.0 Å². The second-order valence-corrected chi connectivity index (χ2v) is 9.28. The standard InChI is InChI=1S/C26H25N3O7/c1-14-22(17-6-4-3-5-7-17)27-36-24(14)19-12-20-21(15(2)30)25(31)28(20)23(19)26(32)35-13-16-8-10-18(11-9-16)29(33)34/h3-11,14-15,20-21,24,30H,12-13H2,1-2H3/t14-,15+,20+,21+,24-/m0/s1. The van der Waals surface area contributed by atoms with Crippen LogP contribution in [-0.2, 0) is 25.8 Å². The number of benzene rings is 2. The quantitative estimate of drug-likeness (QED) is 0.273. The van der Waals surface area contributed by atoms with Crippen LogP contribution in [0.3, 0.4) is 0 Å². The van der Waals surface area contributed by atoms with Crippen LogP contribution in [0.25, 0.3) is 0 Å². The van der Waals surface area contributed by atoms with Gasteiger partial charge in [0.2, 0.25) is 5.91 Å². The lowest BCUT2D eigenvalue weighted by atomic mass is 9.81. The molecule has 2 aromatic carbocycles. The van der Waals surface area contributed by atoms with E-state index in [4.69, 9.17) is 9.57 Å². The lowest BCUT2D eigenvalue weighted by Gasteiger charge is -2.44. The minimum atomic E-state index is -0.853. The van der Waals surface area contributed by atoms with Gasteiger partial charge in [-0.05, 0) is 36.6 Å². The molecule has 10 heteroatoms. The fourth-order valence-corrected chi connectivity index (χ4v) is 5.20. The summed E-state index contributed by atoms with van der Waals surface area (Å²) < 4.78 is 5.53. The van der Waals surface area contributed by atoms with Crippen LogP contribution in [0.4, 0.5) is 5.69 Å². The second kappa shape index (κ2) is 9.19. The molecule has 0 spiro atoms. The lowest BCUT2D eigenvalue weighted by Crippen LogP contribution is -2.61. The van der Waals surface area contributed by atoms with Gasteiger partial charge in [0.05, 0.1) is 28.7 Å². The molecule has 0 radical (unpaired) electrons. The highest BCUT2D eigenvalue weighted by molar-refractivity contribution is 6.04. The van der Waals surface area contributed by atoms with Crippen molar-refractivity contribution in [2.45, 2.75) is 45.1 Å². The van der Waals surface area contributed by atoms with Crippen molar-refractivity contribution in [3.63, 3.8) is 0 Å². The topological polar surface area (TPSA) is 132 Å². The zero-order chi connectivity index (χ0) is 25.6. The average Bonchev–Trinajstić information content (AvgIpc) is 3.40. The monoisotopic (exact) mass is 491 g/mol. The zero-order valence-electron chi connectivity index (χ0n) is 19.7. The minimum absolute atomic E-state index is 0.0642. The van der Waals surface area contributed by atoms with E-state index in [1.165, 1.54) is 29.2 Å². The Bertz CT molecular complexity index is 1270. The third-order valence-electron chi connectivity index (χ3n) is 7.04. The molecule has 1 N–H and O–H groups in total. The largest absolute Gasteiger partial charge is 0.456 e. The number of nitro benzene ring substituents is 1. The normalized spacial score (nSPS) is 25.6. The van der Waals surface area contributed by atoms with Crippen molar-refractivity contribution in [1.29, 1.82) is 0 Å². The number of ether oxygens (including phenoxy) is 1. The fraction of sp³-hybridized carbons (Fsp3) is 0.346. The number of aliphatic hydroxyl groups excluding tert-OH is 1. The van der Waals surface area contributed by atoms with Gasteiger partial charge in [0.15, 0.2) is 6.10 Å². The van der Waals surface area contributed by atoms with Gasteiger partial charge < -0.3 is 19.6 Å². The number of rotatable bonds is 7. The number of amides is 1. The number of oxime groups is 1. The van der Waals surface area contributed by atoms with Crippen LogP contribution in [-0.4, -0.2) is 50.8 Å². The fourth-order valence-electron chi connectivity index (χ4n) is 5.20. The number of esters is 1. The van der Waals surface area contributed by atoms with Gasteiger partial charge in [0.25, 0.3) is 5.69 Å². The summed E-state index contributed by atoms with van der Waals surface area (Å²) >= 11 is 0. The highest BCUT2D eigenvalue weighted by Gasteiger charge is 2.59. The molecule has 5 atom stereocenters. The van der Waals surface area contributed by atoms with Crippen LogP contribution in [0.15, 0.2) is 71.0 Å². The van der Waals surface area contributed by atoms with Gasteiger partial charge in [-0.15, -0.1) is 0 Å². The summed E-state index contributed by atoms with van der Waals surface area (Å²) in [5.41, 5.74) is 2.92. The zero-order valence-corrected chi connectivity index (χ0v) is 19.7. The molecule has 3 aliphatic heterocycles. The number of non-ortho nitro benzene ring substituents is 1. The maximum Gasteiger partial charge on any atom is 0.355 e. The number of aliphatic hydroxyl groups is 1. The molecule has 186 valence electrons. The van der Waals surface area contributed by atoms with E-state index in [0.29, 0.717) is 17.6 Å². The van der Waals surface area contributed by atoms with Crippen LogP contribution in [0.5, 0.6) is 0 Å². The van der Waals surface area contributed by atoms with Crippen LogP contribution >= 0.6 is 0 Å². The summed E-state index contributed by atoms with van der Waals surface area (Å²) in [6.45, 7) is 3.41. The summed E-state index contributed by atoms with van der Waals surface area (Å²) in [7, 11) is 0. The second-order valence-electron chi connectivity index (χ2n) is 9.28. The smallest absolute Gasteiger partial charge is 0.355 e. The predicted molar refractivity (Wildman–Crippen MR) is 127 cm³/mol. The number of fused-ring (bicyclic) bond motifs is 1. The van der Waals surface area contributed by atoms with Crippen molar-refractivity contribution in [3.8, 4) is 0 Å². The van der Waals surface area contributed by atoms with Crippen molar-refractivity contribution in [1.82, 2.24) is 4.90 Å². The maximum absolute atomic E-state index is 13.3. The van der Waals surface area contributed by atoms with E-state index in [2.05, 4.69) is 5.16 Å². The van der Waals surface area contributed by atoms with E-state index >= 15 is 0 Å². The number of nitrogens with zero attached hydrogens (tertiary/aromatic N) is 3. The molecule has 3 heterocycles. The minimum Gasteiger partial charge on any atom is -0.456 e. The van der Waals surface area contributed by atoms with Crippen LogP contribution in [0.2, 0.25) is 0 Å². The molecule has 3 aliphatic rings. The molecule has 5 rings (SSSR count). The summed E-state index contributed by atoms with van der Waals surface area (Å²) in [6.07, 6.45) is -1.04. The van der Waals surface area contributed by atoms with Crippen molar-refractivity contribution < 1.29 is 29.2 Å². The van der Waals surface area contributed by atoms with Crippen molar-refractivity contribution in [2.75, 3.05) is 0 Å². The molecule has 1 fully saturated rings. The van der Waals surface area contributed by atoms with Gasteiger partial charge in [0, 0.05) is 23.6 Å². The molecule has 1 saturated heterocycles. The Morgan fingerprint density at radius 2 is 1.94 bits per heavy atom. The van der Waals surface area contributed by atoms with Crippen LogP contribution in [0, 0.1) is 22.0 Å². The van der Waals surface area contributed by atoms with Gasteiger partial charge in [-0.1, -0.05) is 42.4 Å². The number of nitro groups is 1. The van der Waals surface area contributed by atoms with Crippen LogP contribution in [0.1, 0.15) is 31.4 Å². The molecule has 2 aromatic rings. The number of carbonyl (C=O) groups is 2. The van der Waals surface area contributed by atoms with Gasteiger partial charge in [-0.25, -0.2) is 4.79 Å². The van der Waals surface area contributed by atoms with Crippen molar-refractivity contribution >= 4 is 23.3 Å². The number of carbonyl (C=O) groups excluding carboxylic acids is 2. The maximum atomic E-state index is 13.3. The van der Waals surface area contributed by atoms with Crippen LogP contribution < -0.4 is 0 Å². The molecular weight excluding hydrogens is 466 g/mol. The van der Waals surface area contributed by atoms with E-state index in [0.717, 1.165) is 11.3 Å². The summed E-state index contributed by atoms with van der Waals surface area (Å²) in [5, 5.41) is 25.3. The first-order valence-corrected chi connectivity index (χ1v) is 11.7. The third kappa shape index (κ3) is 3.93. The molecule has 0 bridgehead atoms. The van der Waals surface area contributed by atoms with Crippen molar-refractivity contribution in [2.24, 2.45) is 17.0 Å². The van der Waals surface area contributed by atoms with E-state index in [-0.39, 0.29) is 35.9 Å². The van der Waals surface area contributed by atoms with Gasteiger partial charge in [-0.3, -0.25) is 14.9 Å². The highest BCUT2D eigenvalue weighted by Crippen LogP contribution is 2.47. The first-order valence-electron chi connectivity index (χ1n) is 11.7. The Balaban J connectivity index is 1.40. The first kappa shape index (κ1) is 23.7. The molecular formula is C26H25N3O7. The Hall–Kier alpha value is -4.05. The number of hydrogen-bond donors (Lipinski definition) is 1. The molecule has 0 unspecified atom stereocenters. The van der Waals surface area contributed by atoms with E-state index in [9.17, 15) is 24.8 Å².